The third-order valence-corrected chi connectivity index (χ3v) is 15.1. The Kier molecular flexibility index (Phi) is 20.9. The summed E-state index contributed by atoms with van der Waals surface area (Å²) in [6, 6.07) is 6.02. The van der Waals surface area contributed by atoms with E-state index in [1.54, 1.807) is 40.8 Å². The lowest BCUT2D eigenvalue weighted by Gasteiger charge is -2.37. The monoisotopic (exact) mass is 1070 g/mol. The topological polar surface area (TPSA) is 260 Å². The molecule has 0 radical (unpaired) electrons. The maximum Gasteiger partial charge on any atom is 0.246 e. The van der Waals surface area contributed by atoms with Crippen LogP contribution in [0.4, 0.5) is 4.39 Å². The number of ether oxygens (including phenoxy) is 1. The Labute approximate surface area is 443 Å². The van der Waals surface area contributed by atoms with E-state index < -0.39 is 77.1 Å². The van der Waals surface area contributed by atoms with Crippen LogP contribution in [0.25, 0.3) is 10.4 Å². The van der Waals surface area contributed by atoms with Gasteiger partial charge in [0.1, 0.15) is 30.8 Å². The van der Waals surface area contributed by atoms with Crippen molar-refractivity contribution in [1.29, 1.82) is 0 Å². The molecule has 6 rings (SSSR count). The van der Waals surface area contributed by atoms with Crippen molar-refractivity contribution in [3.8, 4) is 16.2 Å². The quantitative estimate of drug-likeness (QED) is 0.0857. The molecule has 2 aromatic carbocycles. The number of aromatic nitrogens is 1. The normalized spacial score (nSPS) is 21.1. The number of aryl methyl sites for hydroxylation is 3. The van der Waals surface area contributed by atoms with Gasteiger partial charge in [-0.25, -0.2) is 9.37 Å². The molecule has 4 heterocycles. The van der Waals surface area contributed by atoms with Crippen molar-refractivity contribution >= 4 is 65.1 Å². The molecule has 21 heteroatoms. The highest BCUT2D eigenvalue weighted by Gasteiger charge is 2.46. The number of nitrogens with two attached hydrogens (primary N) is 2. The predicted molar refractivity (Wildman–Crippen MR) is 281 cm³/mol. The number of nitrogens with one attached hydrogen (secondary N) is 3. The van der Waals surface area contributed by atoms with Crippen LogP contribution in [0.15, 0.2) is 41.9 Å². The highest BCUT2D eigenvalue weighted by molar-refractivity contribution is 7.13. The number of carbonyl (C=O) groups excluding carboxylic acids is 7. The number of primary amides is 1. The van der Waals surface area contributed by atoms with Gasteiger partial charge in [0.2, 0.25) is 41.4 Å². The second kappa shape index (κ2) is 26.2. The average Bonchev–Trinajstić information content (AvgIpc) is 4.08. The van der Waals surface area contributed by atoms with Crippen LogP contribution in [0, 0.1) is 25.1 Å². The number of aliphatic hydroxyl groups is 1. The molecule has 18 nitrogen and oxygen atoms in total. The lowest BCUT2D eigenvalue weighted by atomic mass is 9.85. The molecule has 74 heavy (non-hydrogen) atoms. The van der Waals surface area contributed by atoms with Crippen LogP contribution in [0.5, 0.6) is 5.75 Å². The summed E-state index contributed by atoms with van der Waals surface area (Å²) in [5, 5.41) is 19.5. The van der Waals surface area contributed by atoms with E-state index in [0.29, 0.717) is 57.1 Å². The zero-order valence-corrected chi connectivity index (χ0v) is 45.3. The standard InChI is InChI=1S/C53H74FN9O9S.ClH/c1-30-23-36(46(54)43(24-30)72-28-37(17-20-44(56)66)59-49(68)41-19-18-38-21-22-61(33(4)64)27-40(55)51(70)63(38)41)11-9-8-10-12-45(67)60-48(53(5,6)7)52(71)62-26-39(65)25-42(62)50(69)58-31(2)34-13-15-35(16-14-34)47-32(3)57-29-73-47;/h13-16,23-24,29,31,37-42,48,65H,8-12,17-22,25-28,55H2,1-7H3,(H2,56,66)(H,58,69)(H,59,68)(H,60,67);1H/t31-,37-,38+,39+,40-,41-,42-,48+;/m0./s1. The number of aliphatic hydroxyl groups excluding tert-OH is 1. The number of thiazole rings is 1. The minimum atomic E-state index is -0.991. The Morgan fingerprint density at radius 1 is 0.946 bits per heavy atom. The van der Waals surface area contributed by atoms with Crippen LogP contribution in [-0.4, -0.2) is 135 Å². The number of hydrogen-bond acceptors (Lipinski definition) is 12. The van der Waals surface area contributed by atoms with Crippen molar-refractivity contribution < 1.29 is 47.8 Å². The number of halogens is 2. The Balaban J connectivity index is 0.0000101. The molecule has 7 amide bonds. The third kappa shape index (κ3) is 15.2. The number of benzene rings is 2. The van der Waals surface area contributed by atoms with Crippen molar-refractivity contribution in [2.24, 2.45) is 16.9 Å². The van der Waals surface area contributed by atoms with Crippen molar-refractivity contribution in [3.05, 3.63) is 70.1 Å². The van der Waals surface area contributed by atoms with Gasteiger partial charge in [-0.1, -0.05) is 57.5 Å². The van der Waals surface area contributed by atoms with E-state index in [-0.39, 0.29) is 87.4 Å². The Hall–Kier alpha value is -5.70. The van der Waals surface area contributed by atoms with E-state index in [0.717, 1.165) is 27.3 Å². The van der Waals surface area contributed by atoms with Gasteiger partial charge in [-0.05, 0) is 99.5 Å². The molecule has 0 bridgehead atoms. The molecule has 0 aliphatic carbocycles. The Bertz CT molecular complexity index is 2490. The number of amides is 7. The second-order valence-electron chi connectivity index (χ2n) is 21.1. The van der Waals surface area contributed by atoms with Gasteiger partial charge in [-0.15, -0.1) is 23.7 Å². The maximum absolute atomic E-state index is 16.0. The average molecular weight is 1070 g/mol. The molecule has 3 fully saturated rings. The molecule has 406 valence electrons. The summed E-state index contributed by atoms with van der Waals surface area (Å²) in [6.07, 6.45) is 2.64. The number of nitrogens with zero attached hydrogens (tertiary/aromatic N) is 4. The largest absolute Gasteiger partial charge is 0.488 e. The van der Waals surface area contributed by atoms with Gasteiger partial charge in [-0.2, -0.15) is 0 Å². The number of hydrogen-bond donors (Lipinski definition) is 6. The van der Waals surface area contributed by atoms with Crippen LogP contribution in [0.3, 0.4) is 0 Å². The molecule has 1 aromatic heterocycles. The first-order chi connectivity index (χ1) is 34.5. The van der Waals surface area contributed by atoms with Crippen LogP contribution >= 0.6 is 23.7 Å². The van der Waals surface area contributed by atoms with Crippen molar-refractivity contribution in [2.75, 3.05) is 26.2 Å². The van der Waals surface area contributed by atoms with Gasteiger partial charge in [0.05, 0.1) is 34.3 Å². The van der Waals surface area contributed by atoms with E-state index in [2.05, 4.69) is 20.9 Å². The van der Waals surface area contributed by atoms with Gasteiger partial charge >= 0.3 is 0 Å². The van der Waals surface area contributed by atoms with E-state index in [4.69, 9.17) is 16.2 Å². The van der Waals surface area contributed by atoms with Crippen LogP contribution in [0.2, 0.25) is 0 Å². The predicted octanol–water partition coefficient (Wildman–Crippen LogP) is 4.53. The maximum atomic E-state index is 16.0. The number of β-amino-alcohol motifs (C(OH)–C–C–N with tert-alkyl or cyclic N) is 1. The minimum absolute atomic E-state index is 0. The molecule has 3 aromatic rings. The van der Waals surface area contributed by atoms with Gasteiger partial charge in [0, 0.05) is 51.9 Å². The molecule has 3 aliphatic heterocycles. The van der Waals surface area contributed by atoms with Crippen LogP contribution in [0.1, 0.15) is 127 Å². The Morgan fingerprint density at radius 2 is 1.65 bits per heavy atom. The molecule has 0 unspecified atom stereocenters. The Morgan fingerprint density at radius 3 is 2.30 bits per heavy atom. The first-order valence-electron chi connectivity index (χ1n) is 25.4. The van der Waals surface area contributed by atoms with Crippen molar-refractivity contribution in [2.45, 2.75) is 167 Å². The van der Waals surface area contributed by atoms with Crippen LogP contribution < -0.4 is 32.2 Å². The lowest BCUT2D eigenvalue weighted by Crippen LogP contribution is -2.59. The molecule has 8 N–H and O–H groups in total. The number of rotatable bonds is 20. The summed E-state index contributed by atoms with van der Waals surface area (Å²) in [6.45, 7) is 12.8. The van der Waals surface area contributed by atoms with Gasteiger partial charge < -0.3 is 52.0 Å². The van der Waals surface area contributed by atoms with Crippen molar-refractivity contribution in [3.63, 3.8) is 0 Å². The fourth-order valence-electron chi connectivity index (χ4n) is 10.1. The number of likely N-dealkylation sites (tertiary alicyclic amines) is 1. The lowest BCUT2D eigenvalue weighted by molar-refractivity contribution is -0.144. The molecule has 3 saturated heterocycles. The van der Waals surface area contributed by atoms with Gasteiger partial charge in [0.25, 0.3) is 0 Å². The van der Waals surface area contributed by atoms with E-state index in [1.807, 2.05) is 58.9 Å². The second-order valence-corrected chi connectivity index (χ2v) is 21.9. The highest BCUT2D eigenvalue weighted by Crippen LogP contribution is 2.32. The SMILES string of the molecule is CC(=O)N1CC[C@H]2CC[C@@H](C(=O)N[C@@H](CCC(N)=O)COc3cc(C)cc(CCCCCC(=O)N[C@H](C(=O)N4C[C@H](O)C[C@H]4C(=O)N[C@@H](C)c4ccc(-c5scnc5C)cc4)C(C)(C)C)c3F)N2C(=O)[C@@H](N)C1.Cl. The first kappa shape index (κ1) is 59.2. The first-order valence-corrected chi connectivity index (χ1v) is 26.3. The smallest absolute Gasteiger partial charge is 0.246 e. The summed E-state index contributed by atoms with van der Waals surface area (Å²) < 4.78 is 22.0. The summed E-state index contributed by atoms with van der Waals surface area (Å²) in [7, 11) is 0. The van der Waals surface area contributed by atoms with E-state index in [1.165, 1.54) is 16.7 Å². The zero-order chi connectivity index (χ0) is 53.3. The van der Waals surface area contributed by atoms with Gasteiger partial charge in [-0.3, -0.25) is 33.6 Å². The number of fused-ring (bicyclic) bond motifs is 1. The third-order valence-electron chi connectivity index (χ3n) is 14.2. The molecule has 0 spiro atoms. The van der Waals surface area contributed by atoms with Crippen LogP contribution in [-0.2, 0) is 40.0 Å². The number of carbonyl (C=O) groups is 7. The van der Waals surface area contributed by atoms with E-state index >= 15 is 4.39 Å². The summed E-state index contributed by atoms with van der Waals surface area (Å²) in [4.78, 5) is 102. The molecular formula is C53H75ClFN9O9S. The van der Waals surface area contributed by atoms with E-state index in [9.17, 15) is 38.7 Å². The highest BCUT2D eigenvalue weighted by atomic mass is 35.5. The number of unbranched alkanes of at least 4 members (excludes halogenated alkanes) is 2. The summed E-state index contributed by atoms with van der Waals surface area (Å²) in [5.41, 5.74) is 16.7. The fraction of sp³-hybridized carbons (Fsp3) is 0.585. The molecular weight excluding hydrogens is 993 g/mol. The molecule has 0 saturated carbocycles. The minimum Gasteiger partial charge on any atom is -0.488 e. The fourth-order valence-corrected chi connectivity index (χ4v) is 10.9. The zero-order valence-electron chi connectivity index (χ0n) is 43.6. The summed E-state index contributed by atoms with van der Waals surface area (Å²) in [5.74, 6) is -3.42. The summed E-state index contributed by atoms with van der Waals surface area (Å²) >= 11 is 1.56. The van der Waals surface area contributed by atoms with Gasteiger partial charge in [0.15, 0.2) is 11.6 Å². The van der Waals surface area contributed by atoms with Crippen molar-refractivity contribution in [1.82, 2.24) is 35.6 Å². The molecule has 8 atom stereocenters. The molecule has 3 aliphatic rings.